The van der Waals surface area contributed by atoms with E-state index in [-0.39, 0.29) is 18.3 Å². The van der Waals surface area contributed by atoms with Crippen LogP contribution in [-0.2, 0) is 20.6 Å². The molecule has 6 nitrogen and oxygen atoms in total. The van der Waals surface area contributed by atoms with Crippen molar-refractivity contribution >= 4 is 27.3 Å². The Morgan fingerprint density at radius 1 is 1.14 bits per heavy atom. The van der Waals surface area contributed by atoms with Crippen LogP contribution in [0.5, 0.6) is 5.75 Å². The summed E-state index contributed by atoms with van der Waals surface area (Å²) in [6.07, 6.45) is 0.812. The number of rotatable bonds is 6. The zero-order valence-corrected chi connectivity index (χ0v) is 18.2. The van der Waals surface area contributed by atoms with Crippen molar-refractivity contribution in [3.05, 3.63) is 53.6 Å². The topological polar surface area (TPSA) is 75.7 Å². The minimum atomic E-state index is -3.58. The molecule has 0 atom stereocenters. The number of carbonyl (C=O) groups excluding carboxylic acids is 1. The lowest BCUT2D eigenvalue weighted by Gasteiger charge is -2.27. The Kier molecular flexibility index (Phi) is 5.89. The van der Waals surface area contributed by atoms with Gasteiger partial charge in [-0.05, 0) is 44.9 Å². The molecular formula is C22H28N2O4S. The van der Waals surface area contributed by atoms with E-state index in [9.17, 15) is 13.2 Å². The molecule has 0 fully saturated rings. The van der Waals surface area contributed by atoms with E-state index in [1.165, 1.54) is 0 Å². The molecule has 1 N–H and O–H groups in total. The number of carbonyl (C=O) groups is 1. The van der Waals surface area contributed by atoms with Gasteiger partial charge in [0.15, 0.2) is 0 Å². The lowest BCUT2D eigenvalue weighted by atomic mass is 9.93. The second-order valence-corrected chi connectivity index (χ2v) is 9.88. The smallest absolute Gasteiger partial charge is 0.236 e. The van der Waals surface area contributed by atoms with E-state index in [1.807, 2.05) is 52.0 Å². The number of aryl methyl sites for hydroxylation is 1. The van der Waals surface area contributed by atoms with Crippen LogP contribution in [0.25, 0.3) is 0 Å². The van der Waals surface area contributed by atoms with Crippen LogP contribution in [0.3, 0.4) is 0 Å². The standard InChI is InChI=1S/C22H28N2O4S/c1-5-12-24-19-11-10-18(13-20(19)28-15-22(3,4)21(24)25)23-29(26,27)14-17-8-6-16(2)7-9-17/h6-11,13,23H,5,12,14-15H2,1-4H3. The maximum Gasteiger partial charge on any atom is 0.236 e. The molecule has 29 heavy (non-hydrogen) atoms. The van der Waals surface area contributed by atoms with Crippen molar-refractivity contribution in [2.45, 2.75) is 39.9 Å². The molecule has 0 spiro atoms. The van der Waals surface area contributed by atoms with E-state index in [2.05, 4.69) is 4.72 Å². The maximum atomic E-state index is 12.9. The molecule has 1 heterocycles. The van der Waals surface area contributed by atoms with Crippen molar-refractivity contribution in [3.8, 4) is 5.75 Å². The number of nitrogens with zero attached hydrogens (tertiary/aromatic N) is 1. The molecule has 156 valence electrons. The van der Waals surface area contributed by atoms with Gasteiger partial charge in [0.1, 0.15) is 12.4 Å². The first-order chi connectivity index (χ1) is 13.6. The van der Waals surface area contributed by atoms with Gasteiger partial charge in [-0.3, -0.25) is 9.52 Å². The summed E-state index contributed by atoms with van der Waals surface area (Å²) in [6.45, 7) is 8.50. The third kappa shape index (κ3) is 4.90. The van der Waals surface area contributed by atoms with E-state index >= 15 is 0 Å². The molecule has 2 aromatic carbocycles. The van der Waals surface area contributed by atoms with Gasteiger partial charge in [0.25, 0.3) is 0 Å². The summed E-state index contributed by atoms with van der Waals surface area (Å²) in [7, 11) is -3.58. The largest absolute Gasteiger partial charge is 0.490 e. The number of amides is 1. The molecule has 0 aromatic heterocycles. The first kappa shape index (κ1) is 21.2. The summed E-state index contributed by atoms with van der Waals surface area (Å²) in [6, 6.07) is 12.5. The highest BCUT2D eigenvalue weighted by Crippen LogP contribution is 2.38. The van der Waals surface area contributed by atoms with Crippen molar-refractivity contribution in [1.29, 1.82) is 0 Å². The van der Waals surface area contributed by atoms with Crippen molar-refractivity contribution in [2.75, 3.05) is 22.8 Å². The number of anilines is 2. The highest BCUT2D eigenvalue weighted by molar-refractivity contribution is 7.91. The summed E-state index contributed by atoms with van der Waals surface area (Å²) in [5.41, 5.74) is 2.23. The molecule has 1 aliphatic rings. The average Bonchev–Trinajstić information content (AvgIpc) is 2.74. The number of benzene rings is 2. The molecule has 2 aromatic rings. The number of hydrogen-bond acceptors (Lipinski definition) is 4. The fourth-order valence-electron chi connectivity index (χ4n) is 3.28. The van der Waals surface area contributed by atoms with Crippen molar-refractivity contribution in [3.63, 3.8) is 0 Å². The van der Waals surface area contributed by atoms with Crippen LogP contribution >= 0.6 is 0 Å². The first-order valence-electron chi connectivity index (χ1n) is 9.76. The molecule has 7 heteroatoms. The van der Waals surface area contributed by atoms with E-state index in [1.54, 1.807) is 23.1 Å². The second-order valence-electron chi connectivity index (χ2n) is 8.16. The summed E-state index contributed by atoms with van der Waals surface area (Å²) in [4.78, 5) is 14.6. The van der Waals surface area contributed by atoms with Gasteiger partial charge in [0.05, 0.1) is 22.5 Å². The van der Waals surface area contributed by atoms with Crippen LogP contribution in [0.1, 0.15) is 38.3 Å². The molecule has 0 bridgehead atoms. The lowest BCUT2D eigenvalue weighted by molar-refractivity contribution is -0.127. The molecule has 0 unspecified atom stereocenters. The summed E-state index contributed by atoms with van der Waals surface area (Å²) in [5.74, 6) is 0.400. The van der Waals surface area contributed by atoms with Crippen LogP contribution in [0.15, 0.2) is 42.5 Å². The Morgan fingerprint density at radius 3 is 2.48 bits per heavy atom. The molecule has 0 radical (unpaired) electrons. The third-order valence-electron chi connectivity index (χ3n) is 4.86. The maximum absolute atomic E-state index is 12.9. The summed E-state index contributed by atoms with van der Waals surface area (Å²) >= 11 is 0. The highest BCUT2D eigenvalue weighted by Gasteiger charge is 2.37. The van der Waals surface area contributed by atoms with Gasteiger partial charge in [0.2, 0.25) is 15.9 Å². The third-order valence-corrected chi connectivity index (χ3v) is 6.12. The number of hydrogen-bond donors (Lipinski definition) is 1. The molecule has 3 rings (SSSR count). The SMILES string of the molecule is CCCN1C(=O)C(C)(C)COc2cc(NS(=O)(=O)Cc3ccc(C)cc3)ccc21. The quantitative estimate of drug-likeness (QED) is 0.769. The number of ether oxygens (including phenoxy) is 1. The molecule has 0 aliphatic carbocycles. The van der Waals surface area contributed by atoms with Gasteiger partial charge in [0, 0.05) is 12.6 Å². The Labute approximate surface area is 172 Å². The normalized spacial score (nSPS) is 16.0. The van der Waals surface area contributed by atoms with Crippen molar-refractivity contribution < 1.29 is 17.9 Å². The van der Waals surface area contributed by atoms with Gasteiger partial charge in [-0.25, -0.2) is 8.42 Å². The van der Waals surface area contributed by atoms with Crippen molar-refractivity contribution in [2.24, 2.45) is 5.41 Å². The Balaban J connectivity index is 1.85. The second kappa shape index (κ2) is 8.06. The van der Waals surface area contributed by atoms with Gasteiger partial charge in [-0.2, -0.15) is 0 Å². The van der Waals surface area contributed by atoms with Gasteiger partial charge >= 0.3 is 0 Å². The molecule has 0 saturated carbocycles. The Morgan fingerprint density at radius 2 is 1.83 bits per heavy atom. The van der Waals surface area contributed by atoms with Crippen LogP contribution in [0.2, 0.25) is 0 Å². The van der Waals surface area contributed by atoms with Gasteiger partial charge < -0.3 is 9.64 Å². The predicted molar refractivity (Wildman–Crippen MR) is 116 cm³/mol. The fraction of sp³-hybridized carbons (Fsp3) is 0.409. The van der Waals surface area contributed by atoms with Gasteiger partial charge in [-0.1, -0.05) is 36.8 Å². The van der Waals surface area contributed by atoms with E-state index in [0.717, 1.165) is 17.5 Å². The number of fused-ring (bicyclic) bond motifs is 1. The summed E-state index contributed by atoms with van der Waals surface area (Å²) in [5, 5.41) is 0. The van der Waals surface area contributed by atoms with E-state index < -0.39 is 15.4 Å². The predicted octanol–water partition coefficient (Wildman–Crippen LogP) is 4.10. The summed E-state index contributed by atoms with van der Waals surface area (Å²) < 4.78 is 33.7. The zero-order chi connectivity index (χ0) is 21.2. The Hall–Kier alpha value is -2.54. The first-order valence-corrected chi connectivity index (χ1v) is 11.4. The zero-order valence-electron chi connectivity index (χ0n) is 17.4. The lowest BCUT2D eigenvalue weighted by Crippen LogP contribution is -2.42. The number of nitrogens with one attached hydrogen (secondary N) is 1. The highest BCUT2D eigenvalue weighted by atomic mass is 32.2. The van der Waals surface area contributed by atoms with Gasteiger partial charge in [-0.15, -0.1) is 0 Å². The van der Waals surface area contributed by atoms with E-state index in [4.69, 9.17) is 4.74 Å². The minimum Gasteiger partial charge on any atom is -0.490 e. The van der Waals surface area contributed by atoms with E-state index in [0.29, 0.717) is 23.7 Å². The van der Waals surface area contributed by atoms with Crippen LogP contribution < -0.4 is 14.4 Å². The monoisotopic (exact) mass is 416 g/mol. The molecular weight excluding hydrogens is 388 g/mol. The fourth-order valence-corrected chi connectivity index (χ4v) is 4.47. The number of sulfonamides is 1. The molecule has 0 saturated heterocycles. The van der Waals surface area contributed by atoms with Crippen LogP contribution in [0.4, 0.5) is 11.4 Å². The van der Waals surface area contributed by atoms with Crippen LogP contribution in [0, 0.1) is 12.3 Å². The van der Waals surface area contributed by atoms with Crippen molar-refractivity contribution in [1.82, 2.24) is 0 Å². The minimum absolute atomic E-state index is 0.00537. The van der Waals surface area contributed by atoms with Crippen LogP contribution in [-0.4, -0.2) is 27.5 Å². The molecule has 1 amide bonds. The Bertz CT molecular complexity index is 998. The average molecular weight is 417 g/mol. The molecule has 1 aliphatic heterocycles.